The molecule has 2 aromatic rings. The number of halogens is 3. The van der Waals surface area contributed by atoms with Crippen molar-refractivity contribution in [2.75, 3.05) is 17.6 Å². The first kappa shape index (κ1) is 20.6. The third-order valence-electron chi connectivity index (χ3n) is 4.65. The normalized spacial score (nSPS) is 17.6. The molecular formula is C21H23F3N2OS. The van der Waals surface area contributed by atoms with Gasteiger partial charge in [-0.25, -0.2) is 4.79 Å². The van der Waals surface area contributed by atoms with Gasteiger partial charge in [-0.15, -0.1) is 11.8 Å². The second-order valence-corrected chi connectivity index (χ2v) is 8.99. The molecule has 28 heavy (non-hydrogen) atoms. The van der Waals surface area contributed by atoms with E-state index in [4.69, 9.17) is 0 Å². The van der Waals surface area contributed by atoms with Crippen LogP contribution in [0, 0.1) is 0 Å². The van der Waals surface area contributed by atoms with Crippen LogP contribution in [0.4, 0.5) is 23.7 Å². The molecule has 1 fully saturated rings. The maximum absolute atomic E-state index is 12.9. The molecule has 2 amide bonds. The first-order chi connectivity index (χ1) is 13.1. The molecule has 150 valence electrons. The lowest BCUT2D eigenvalue weighted by atomic mass is 9.87. The first-order valence-electron chi connectivity index (χ1n) is 9.02. The molecule has 1 N–H and O–H groups in total. The Bertz CT molecular complexity index is 844. The second-order valence-electron chi connectivity index (χ2n) is 7.80. The predicted molar refractivity (Wildman–Crippen MR) is 108 cm³/mol. The van der Waals surface area contributed by atoms with Crippen molar-refractivity contribution in [1.29, 1.82) is 0 Å². The number of amides is 2. The Balaban J connectivity index is 1.75. The highest BCUT2D eigenvalue weighted by Gasteiger charge is 2.33. The van der Waals surface area contributed by atoms with E-state index in [1.165, 1.54) is 17.7 Å². The molecule has 1 atom stereocenters. The molecule has 0 aliphatic carbocycles. The summed E-state index contributed by atoms with van der Waals surface area (Å²) in [7, 11) is 0. The van der Waals surface area contributed by atoms with Crippen LogP contribution in [0.15, 0.2) is 48.5 Å². The van der Waals surface area contributed by atoms with Crippen molar-refractivity contribution in [3.63, 3.8) is 0 Å². The molecule has 3 nitrogen and oxygen atoms in total. The number of anilines is 1. The summed E-state index contributed by atoms with van der Waals surface area (Å²) in [5.41, 5.74) is 1.62. The lowest BCUT2D eigenvalue weighted by molar-refractivity contribution is -0.137. The molecule has 3 rings (SSSR count). The van der Waals surface area contributed by atoms with E-state index in [1.807, 2.05) is 12.1 Å². The summed E-state index contributed by atoms with van der Waals surface area (Å²) < 4.78 is 38.6. The van der Waals surface area contributed by atoms with Crippen molar-refractivity contribution in [2.45, 2.75) is 37.7 Å². The molecule has 1 aliphatic rings. The fourth-order valence-electron chi connectivity index (χ4n) is 3.07. The standard InChI is InChI=1S/C21H23F3N2OS/c1-20(2,3)15-9-7-14(8-10-15)18-26(11-12-28-18)19(27)25-17-6-4-5-16(13-17)21(22,23)24/h4-10,13,18H,11-12H2,1-3H3,(H,25,27). The number of alkyl halides is 3. The van der Waals surface area contributed by atoms with Gasteiger partial charge in [-0.2, -0.15) is 13.2 Å². The minimum absolute atomic E-state index is 0.0436. The Morgan fingerprint density at radius 3 is 2.36 bits per heavy atom. The number of nitrogens with zero attached hydrogens (tertiary/aromatic N) is 1. The van der Waals surface area contributed by atoms with Crippen LogP contribution in [0.5, 0.6) is 0 Å². The minimum Gasteiger partial charge on any atom is -0.308 e. The third kappa shape index (κ3) is 4.63. The predicted octanol–water partition coefficient (Wildman–Crippen LogP) is 6.28. The minimum atomic E-state index is -4.44. The highest BCUT2D eigenvalue weighted by molar-refractivity contribution is 7.99. The maximum Gasteiger partial charge on any atom is 0.416 e. The molecule has 0 radical (unpaired) electrons. The third-order valence-corrected chi connectivity index (χ3v) is 5.92. The summed E-state index contributed by atoms with van der Waals surface area (Å²) in [5.74, 6) is 0.779. The maximum atomic E-state index is 12.9. The highest BCUT2D eigenvalue weighted by atomic mass is 32.2. The monoisotopic (exact) mass is 408 g/mol. The van der Waals surface area contributed by atoms with Crippen LogP contribution in [-0.4, -0.2) is 23.2 Å². The number of benzene rings is 2. The van der Waals surface area contributed by atoms with Crippen LogP contribution in [-0.2, 0) is 11.6 Å². The Hall–Kier alpha value is -2.15. The smallest absolute Gasteiger partial charge is 0.308 e. The SMILES string of the molecule is CC(C)(C)c1ccc(C2SCCN2C(=O)Nc2cccc(C(F)(F)F)c2)cc1. The van der Waals surface area contributed by atoms with Gasteiger partial charge in [0, 0.05) is 18.0 Å². The van der Waals surface area contributed by atoms with Crippen LogP contribution in [0.25, 0.3) is 0 Å². The van der Waals surface area contributed by atoms with Crippen LogP contribution in [0.2, 0.25) is 0 Å². The lowest BCUT2D eigenvalue weighted by Gasteiger charge is -2.26. The van der Waals surface area contributed by atoms with Crippen LogP contribution < -0.4 is 5.32 Å². The van der Waals surface area contributed by atoms with Gasteiger partial charge in [-0.1, -0.05) is 51.1 Å². The van der Waals surface area contributed by atoms with E-state index in [9.17, 15) is 18.0 Å². The summed E-state index contributed by atoms with van der Waals surface area (Å²) in [6.45, 7) is 6.96. The molecular weight excluding hydrogens is 385 g/mol. The van der Waals surface area contributed by atoms with Crippen molar-refractivity contribution in [3.05, 3.63) is 65.2 Å². The molecule has 1 aliphatic heterocycles. The zero-order valence-corrected chi connectivity index (χ0v) is 16.8. The Kier molecular flexibility index (Phi) is 5.66. The van der Waals surface area contributed by atoms with E-state index in [-0.39, 0.29) is 16.5 Å². The molecule has 0 aromatic heterocycles. The van der Waals surface area contributed by atoms with Crippen molar-refractivity contribution in [3.8, 4) is 0 Å². The molecule has 0 bridgehead atoms. The number of hydrogen-bond acceptors (Lipinski definition) is 2. The van der Waals surface area contributed by atoms with Crippen LogP contribution in [0.3, 0.4) is 0 Å². The number of hydrogen-bond donors (Lipinski definition) is 1. The molecule has 0 spiro atoms. The number of carbonyl (C=O) groups is 1. The van der Waals surface area contributed by atoms with E-state index >= 15 is 0 Å². The van der Waals surface area contributed by atoms with E-state index < -0.39 is 17.8 Å². The van der Waals surface area contributed by atoms with Crippen molar-refractivity contribution in [1.82, 2.24) is 4.90 Å². The molecule has 1 heterocycles. The number of thioether (sulfide) groups is 1. The summed E-state index contributed by atoms with van der Waals surface area (Å²) in [5, 5.41) is 2.45. The van der Waals surface area contributed by atoms with E-state index in [1.54, 1.807) is 16.7 Å². The quantitative estimate of drug-likeness (QED) is 0.634. The van der Waals surface area contributed by atoms with Gasteiger partial charge in [0.05, 0.1) is 5.56 Å². The van der Waals surface area contributed by atoms with Gasteiger partial charge in [0.15, 0.2) is 0 Å². The number of rotatable bonds is 2. The fraction of sp³-hybridized carbons (Fsp3) is 0.381. The molecule has 1 unspecified atom stereocenters. The average molecular weight is 408 g/mol. The number of urea groups is 1. The number of carbonyl (C=O) groups excluding carboxylic acids is 1. The van der Waals surface area contributed by atoms with Crippen LogP contribution in [0.1, 0.15) is 42.8 Å². The summed E-state index contributed by atoms with van der Waals surface area (Å²) in [6, 6.07) is 12.5. The van der Waals surface area contributed by atoms with Crippen molar-refractivity contribution >= 4 is 23.5 Å². The van der Waals surface area contributed by atoms with Gasteiger partial charge in [0.2, 0.25) is 0 Å². The summed E-state index contributed by atoms with van der Waals surface area (Å²) >= 11 is 1.65. The van der Waals surface area contributed by atoms with Gasteiger partial charge in [0.1, 0.15) is 5.37 Å². The second kappa shape index (κ2) is 7.70. The zero-order chi connectivity index (χ0) is 20.5. The van der Waals surface area contributed by atoms with Crippen LogP contribution >= 0.6 is 11.8 Å². The van der Waals surface area contributed by atoms with E-state index in [2.05, 4.69) is 38.2 Å². The van der Waals surface area contributed by atoms with Gasteiger partial charge < -0.3 is 10.2 Å². The topological polar surface area (TPSA) is 32.3 Å². The van der Waals surface area contributed by atoms with Gasteiger partial charge >= 0.3 is 12.2 Å². The van der Waals surface area contributed by atoms with Crippen molar-refractivity contribution in [2.24, 2.45) is 0 Å². The van der Waals surface area contributed by atoms with Gasteiger partial charge in [-0.05, 0) is 34.7 Å². The van der Waals surface area contributed by atoms with Crippen molar-refractivity contribution < 1.29 is 18.0 Å². The molecule has 1 saturated heterocycles. The zero-order valence-electron chi connectivity index (χ0n) is 16.0. The first-order valence-corrected chi connectivity index (χ1v) is 10.1. The average Bonchev–Trinajstić information content (AvgIpc) is 3.10. The largest absolute Gasteiger partial charge is 0.416 e. The highest BCUT2D eigenvalue weighted by Crippen LogP contribution is 2.39. The number of nitrogens with one attached hydrogen (secondary N) is 1. The Morgan fingerprint density at radius 2 is 1.75 bits per heavy atom. The van der Waals surface area contributed by atoms with E-state index in [0.717, 1.165) is 23.4 Å². The molecule has 7 heteroatoms. The summed E-state index contributed by atoms with van der Waals surface area (Å²) in [4.78, 5) is 14.4. The Labute approximate surface area is 167 Å². The van der Waals surface area contributed by atoms with Gasteiger partial charge in [0.25, 0.3) is 0 Å². The van der Waals surface area contributed by atoms with E-state index in [0.29, 0.717) is 6.54 Å². The Morgan fingerprint density at radius 1 is 1.07 bits per heavy atom. The molecule has 2 aromatic carbocycles. The lowest BCUT2D eigenvalue weighted by Crippen LogP contribution is -2.34. The fourth-order valence-corrected chi connectivity index (χ4v) is 4.33. The van der Waals surface area contributed by atoms with Gasteiger partial charge in [-0.3, -0.25) is 0 Å². The molecule has 0 saturated carbocycles. The summed E-state index contributed by atoms with van der Waals surface area (Å²) in [6.07, 6.45) is -4.44.